The smallest absolute Gasteiger partial charge is 0.0386 e. The Morgan fingerprint density at radius 3 is 2.10 bits per heavy atom. The summed E-state index contributed by atoms with van der Waals surface area (Å²) in [7, 11) is 0. The molecule has 0 radical (unpaired) electrons. The maximum Gasteiger partial charge on any atom is 0.0386 e. The SMILES string of the molecule is C=C/C=C\C=C(/CC)C(/C=C\C(C)=C/C)=C(C)C.CCCCC(C)C(C)=NCCC. The lowest BCUT2D eigenvalue weighted by molar-refractivity contribution is 0.620. The lowest BCUT2D eigenvalue weighted by atomic mass is 9.97. The van der Waals surface area contributed by atoms with Crippen LogP contribution in [-0.4, -0.2) is 12.3 Å². The molecule has 170 valence electrons. The number of hydrogen-bond donors (Lipinski definition) is 0. The largest absolute Gasteiger partial charge is 0.294 e. The summed E-state index contributed by atoms with van der Waals surface area (Å²) in [6, 6.07) is 0. The molecule has 0 bridgehead atoms. The number of nitrogens with zero attached hydrogens (tertiary/aromatic N) is 1. The monoisotopic (exact) mass is 411 g/mol. The first-order valence-corrected chi connectivity index (χ1v) is 11.8. The zero-order valence-corrected chi connectivity index (χ0v) is 21.5. The number of rotatable bonds is 12. The second-order valence-corrected chi connectivity index (χ2v) is 8.01. The summed E-state index contributed by atoms with van der Waals surface area (Å²) in [5, 5.41) is 0. The molecule has 1 nitrogen and oxygen atoms in total. The minimum atomic E-state index is 0.691. The molecule has 0 N–H and O–H groups in total. The van der Waals surface area contributed by atoms with Crippen molar-refractivity contribution in [3.63, 3.8) is 0 Å². The van der Waals surface area contributed by atoms with E-state index in [9.17, 15) is 0 Å². The van der Waals surface area contributed by atoms with E-state index in [1.807, 2.05) is 12.2 Å². The lowest BCUT2D eigenvalue weighted by Crippen LogP contribution is -2.07. The highest BCUT2D eigenvalue weighted by Crippen LogP contribution is 2.20. The average Bonchev–Trinajstić information content (AvgIpc) is 2.74. The Labute approximate surface area is 189 Å². The lowest BCUT2D eigenvalue weighted by Gasteiger charge is -2.09. The zero-order valence-electron chi connectivity index (χ0n) is 21.5. The standard InChI is InChI=1S/C18H26.C11H23N/c1-7-10-11-12-17(9-3)18(15(4)5)14-13-16(6)8-2;1-5-7-8-10(3)11(4)12-9-6-2/h7-8,10-14H,1,9H2,2-6H3;10H,5-9H2,1-4H3/b11-10-,14-13-,16-8-,17-12+;. The van der Waals surface area contributed by atoms with E-state index in [2.05, 4.69) is 98.2 Å². The van der Waals surface area contributed by atoms with E-state index in [1.54, 1.807) is 6.08 Å². The van der Waals surface area contributed by atoms with Crippen molar-refractivity contribution in [2.45, 2.75) is 94.4 Å². The van der Waals surface area contributed by atoms with Crippen LogP contribution in [0, 0.1) is 5.92 Å². The van der Waals surface area contributed by atoms with Crippen LogP contribution >= 0.6 is 0 Å². The van der Waals surface area contributed by atoms with Crippen molar-refractivity contribution in [1.82, 2.24) is 0 Å². The van der Waals surface area contributed by atoms with Crippen LogP contribution in [0.5, 0.6) is 0 Å². The van der Waals surface area contributed by atoms with Crippen LogP contribution in [0.2, 0.25) is 0 Å². The Morgan fingerprint density at radius 2 is 1.63 bits per heavy atom. The van der Waals surface area contributed by atoms with Gasteiger partial charge in [0, 0.05) is 12.3 Å². The first-order chi connectivity index (χ1) is 14.3. The number of unbranched alkanes of at least 4 members (excludes halogenated alkanes) is 1. The highest BCUT2D eigenvalue weighted by atomic mass is 14.7. The minimum absolute atomic E-state index is 0.691. The van der Waals surface area contributed by atoms with E-state index in [1.165, 1.54) is 47.3 Å². The minimum Gasteiger partial charge on any atom is -0.294 e. The molecule has 0 rings (SSSR count). The molecule has 0 amide bonds. The van der Waals surface area contributed by atoms with Gasteiger partial charge in [0.05, 0.1) is 0 Å². The Bertz CT molecular complexity index is 631. The molecule has 0 heterocycles. The molecule has 30 heavy (non-hydrogen) atoms. The van der Waals surface area contributed by atoms with Gasteiger partial charge >= 0.3 is 0 Å². The van der Waals surface area contributed by atoms with E-state index in [4.69, 9.17) is 0 Å². The molecule has 0 aliphatic carbocycles. The summed E-state index contributed by atoms with van der Waals surface area (Å²) in [6.45, 7) is 24.2. The van der Waals surface area contributed by atoms with E-state index >= 15 is 0 Å². The third kappa shape index (κ3) is 16.0. The second kappa shape index (κ2) is 20.4. The molecule has 0 aliphatic heterocycles. The number of aliphatic imine (C=N–C) groups is 1. The van der Waals surface area contributed by atoms with Crippen molar-refractivity contribution in [3.8, 4) is 0 Å². The highest BCUT2D eigenvalue weighted by molar-refractivity contribution is 5.83. The maximum absolute atomic E-state index is 4.51. The quantitative estimate of drug-likeness (QED) is 0.224. The van der Waals surface area contributed by atoms with Gasteiger partial charge in [0.2, 0.25) is 0 Å². The van der Waals surface area contributed by atoms with E-state index in [-0.39, 0.29) is 0 Å². The van der Waals surface area contributed by atoms with Gasteiger partial charge in [-0.3, -0.25) is 4.99 Å². The van der Waals surface area contributed by atoms with E-state index < -0.39 is 0 Å². The molecular formula is C29H49N. The summed E-state index contributed by atoms with van der Waals surface area (Å²) >= 11 is 0. The van der Waals surface area contributed by atoms with Gasteiger partial charge in [-0.1, -0.05) is 101 Å². The second-order valence-electron chi connectivity index (χ2n) is 8.01. The normalized spacial score (nSPS) is 14.0. The van der Waals surface area contributed by atoms with Gasteiger partial charge in [-0.2, -0.15) is 0 Å². The van der Waals surface area contributed by atoms with Crippen molar-refractivity contribution in [2.24, 2.45) is 10.9 Å². The van der Waals surface area contributed by atoms with Crippen molar-refractivity contribution in [2.75, 3.05) is 6.54 Å². The fourth-order valence-corrected chi connectivity index (χ4v) is 2.72. The Balaban J connectivity index is 0. The first-order valence-electron chi connectivity index (χ1n) is 11.8. The molecule has 1 atom stereocenters. The van der Waals surface area contributed by atoms with Crippen LogP contribution < -0.4 is 0 Å². The molecule has 1 heteroatoms. The Hall–Kier alpha value is -1.89. The zero-order chi connectivity index (χ0) is 23.4. The highest BCUT2D eigenvalue weighted by Gasteiger charge is 2.03. The van der Waals surface area contributed by atoms with Gasteiger partial charge in [-0.25, -0.2) is 0 Å². The third-order valence-corrected chi connectivity index (χ3v) is 5.07. The molecule has 0 aromatic carbocycles. The predicted molar refractivity (Wildman–Crippen MR) is 142 cm³/mol. The third-order valence-electron chi connectivity index (χ3n) is 5.07. The molecule has 0 aromatic rings. The molecule has 0 aliphatic rings. The van der Waals surface area contributed by atoms with Crippen LogP contribution in [0.1, 0.15) is 94.4 Å². The van der Waals surface area contributed by atoms with Crippen LogP contribution in [0.15, 0.2) is 76.4 Å². The fraction of sp³-hybridized carbons (Fsp3) is 0.552. The van der Waals surface area contributed by atoms with Crippen molar-refractivity contribution in [3.05, 3.63) is 71.4 Å². The molecule has 0 saturated heterocycles. The van der Waals surface area contributed by atoms with Crippen molar-refractivity contribution >= 4 is 5.71 Å². The summed E-state index contributed by atoms with van der Waals surface area (Å²) in [5.41, 5.74) is 6.65. The number of allylic oxidation sites excluding steroid dienone is 11. The molecule has 0 saturated carbocycles. The van der Waals surface area contributed by atoms with Crippen LogP contribution in [-0.2, 0) is 0 Å². The van der Waals surface area contributed by atoms with Gasteiger partial charge in [-0.15, -0.1) is 0 Å². The van der Waals surface area contributed by atoms with Gasteiger partial charge in [-0.05, 0) is 70.9 Å². The molecule has 0 aromatic heterocycles. The molecular weight excluding hydrogens is 362 g/mol. The Kier molecular flexibility index (Phi) is 20.6. The summed E-state index contributed by atoms with van der Waals surface area (Å²) in [5.74, 6) is 0.691. The van der Waals surface area contributed by atoms with Crippen molar-refractivity contribution < 1.29 is 0 Å². The van der Waals surface area contributed by atoms with Crippen LogP contribution in [0.25, 0.3) is 0 Å². The van der Waals surface area contributed by atoms with E-state index in [0.29, 0.717) is 5.92 Å². The summed E-state index contributed by atoms with van der Waals surface area (Å²) in [4.78, 5) is 4.51. The topological polar surface area (TPSA) is 12.4 Å². The fourth-order valence-electron chi connectivity index (χ4n) is 2.72. The molecule has 0 fully saturated rings. The summed E-state index contributed by atoms with van der Waals surface area (Å²) in [6.07, 6.45) is 20.6. The summed E-state index contributed by atoms with van der Waals surface area (Å²) < 4.78 is 0. The average molecular weight is 412 g/mol. The Morgan fingerprint density at radius 1 is 0.967 bits per heavy atom. The molecule has 1 unspecified atom stereocenters. The molecule has 0 spiro atoms. The van der Waals surface area contributed by atoms with Gasteiger partial charge < -0.3 is 0 Å². The number of hydrogen-bond acceptors (Lipinski definition) is 1. The van der Waals surface area contributed by atoms with E-state index in [0.717, 1.165) is 19.4 Å². The first kappa shape index (κ1) is 30.3. The maximum atomic E-state index is 4.51. The van der Waals surface area contributed by atoms with Gasteiger partial charge in [0.15, 0.2) is 0 Å². The van der Waals surface area contributed by atoms with Crippen LogP contribution in [0.3, 0.4) is 0 Å². The van der Waals surface area contributed by atoms with Gasteiger partial charge in [0.25, 0.3) is 0 Å². The van der Waals surface area contributed by atoms with Crippen molar-refractivity contribution in [1.29, 1.82) is 0 Å². The van der Waals surface area contributed by atoms with Crippen LogP contribution in [0.4, 0.5) is 0 Å². The predicted octanol–water partition coefficient (Wildman–Crippen LogP) is 9.61. The van der Waals surface area contributed by atoms with Gasteiger partial charge in [0.1, 0.15) is 0 Å².